The van der Waals surface area contributed by atoms with E-state index in [0.29, 0.717) is 11.3 Å². The Labute approximate surface area is 161 Å². The number of hydrogen-bond acceptors (Lipinski definition) is 6. The zero-order valence-corrected chi connectivity index (χ0v) is 16.7. The van der Waals surface area contributed by atoms with E-state index in [4.69, 9.17) is 39.5 Å². The number of ether oxygens (including phenoxy) is 2. The predicted octanol–water partition coefficient (Wildman–Crippen LogP) is 2.77. The molecule has 142 valence electrons. The molecule has 1 rings (SSSR count). The molecular formula is C14H18Cl3NO6S. The van der Waals surface area contributed by atoms with Gasteiger partial charge in [-0.2, -0.15) is 13.1 Å². The van der Waals surface area contributed by atoms with Crippen molar-refractivity contribution < 1.29 is 26.9 Å². The fourth-order valence-corrected chi connectivity index (χ4v) is 3.33. The van der Waals surface area contributed by atoms with Gasteiger partial charge in [-0.05, 0) is 17.7 Å². The standard InChI is InChI=1S/C14H18Cl3NO6S/c1-9(13(19)23-3)12(10-4-6-11(22-2)7-5-10)18-25(20,21)24-8-14(15,16)17/h4-7,9,12,18H,8H2,1-3H3/t9-,12-/m0/s1. The largest absolute Gasteiger partial charge is 0.497 e. The normalized spacial score (nSPS) is 14.6. The highest BCUT2D eigenvalue weighted by molar-refractivity contribution is 7.84. The molecule has 0 aromatic heterocycles. The van der Waals surface area contributed by atoms with Gasteiger partial charge < -0.3 is 9.47 Å². The Balaban J connectivity index is 3.07. The SMILES string of the molecule is COC(=O)[C@@H](C)[C@H](NS(=O)(=O)OCC(Cl)(Cl)Cl)c1ccc(OC)cc1. The van der Waals surface area contributed by atoms with Crippen molar-refractivity contribution in [2.45, 2.75) is 16.8 Å². The van der Waals surface area contributed by atoms with E-state index in [9.17, 15) is 13.2 Å². The van der Waals surface area contributed by atoms with Gasteiger partial charge in [-0.3, -0.25) is 8.98 Å². The first-order valence-corrected chi connectivity index (χ1v) is 9.48. The highest BCUT2D eigenvalue weighted by atomic mass is 35.6. The van der Waals surface area contributed by atoms with Crippen LogP contribution in [-0.2, 0) is 24.0 Å². The maximum atomic E-state index is 12.1. The predicted molar refractivity (Wildman–Crippen MR) is 95.2 cm³/mol. The number of nitrogens with one attached hydrogen (secondary N) is 1. The van der Waals surface area contributed by atoms with Crippen LogP contribution in [0.2, 0.25) is 0 Å². The molecule has 0 saturated heterocycles. The lowest BCUT2D eigenvalue weighted by atomic mass is 9.95. The molecule has 0 aliphatic heterocycles. The molecule has 1 aromatic carbocycles. The monoisotopic (exact) mass is 433 g/mol. The molecule has 1 N–H and O–H groups in total. The van der Waals surface area contributed by atoms with Gasteiger partial charge in [0, 0.05) is 0 Å². The minimum absolute atomic E-state index is 0.500. The molecule has 11 heteroatoms. The second-order valence-electron chi connectivity index (χ2n) is 5.01. The van der Waals surface area contributed by atoms with Crippen LogP contribution in [0.15, 0.2) is 24.3 Å². The molecule has 0 aliphatic rings. The molecule has 0 aliphatic carbocycles. The number of halogens is 3. The van der Waals surface area contributed by atoms with Crippen molar-refractivity contribution in [3.05, 3.63) is 29.8 Å². The molecule has 0 unspecified atom stereocenters. The third-order valence-corrected chi connectivity index (χ3v) is 4.50. The number of carbonyl (C=O) groups is 1. The number of benzene rings is 1. The Morgan fingerprint density at radius 2 is 1.76 bits per heavy atom. The van der Waals surface area contributed by atoms with E-state index < -0.39 is 38.6 Å². The smallest absolute Gasteiger partial charge is 0.336 e. The van der Waals surface area contributed by atoms with Gasteiger partial charge in [0.25, 0.3) is 0 Å². The maximum absolute atomic E-state index is 12.1. The van der Waals surface area contributed by atoms with Crippen LogP contribution in [0.1, 0.15) is 18.5 Å². The van der Waals surface area contributed by atoms with Crippen LogP contribution in [0, 0.1) is 5.92 Å². The molecule has 25 heavy (non-hydrogen) atoms. The Morgan fingerprint density at radius 1 is 1.20 bits per heavy atom. The minimum Gasteiger partial charge on any atom is -0.497 e. The Morgan fingerprint density at radius 3 is 2.20 bits per heavy atom. The third-order valence-electron chi connectivity index (χ3n) is 3.20. The highest BCUT2D eigenvalue weighted by Crippen LogP contribution is 2.28. The number of alkyl halides is 3. The van der Waals surface area contributed by atoms with Crippen molar-refractivity contribution >= 4 is 51.1 Å². The topological polar surface area (TPSA) is 90.9 Å². The van der Waals surface area contributed by atoms with E-state index in [1.165, 1.54) is 21.1 Å². The first kappa shape index (κ1) is 22.3. The molecule has 0 spiro atoms. The molecule has 0 bridgehead atoms. The summed E-state index contributed by atoms with van der Waals surface area (Å²) in [6.07, 6.45) is 0. The van der Waals surface area contributed by atoms with Gasteiger partial charge >= 0.3 is 16.3 Å². The van der Waals surface area contributed by atoms with E-state index in [2.05, 4.69) is 13.6 Å². The van der Waals surface area contributed by atoms with Gasteiger partial charge in [0.2, 0.25) is 3.79 Å². The molecule has 0 radical (unpaired) electrons. The van der Waals surface area contributed by atoms with Crippen LogP contribution in [0.5, 0.6) is 5.75 Å². The Hall–Kier alpha value is -0.770. The molecule has 0 fully saturated rings. The number of esters is 1. The quantitative estimate of drug-likeness (QED) is 0.500. The second-order valence-corrected chi connectivity index (χ2v) is 8.91. The summed E-state index contributed by atoms with van der Waals surface area (Å²) < 4.78 is 39.0. The summed E-state index contributed by atoms with van der Waals surface area (Å²) in [4.78, 5) is 11.9. The number of rotatable bonds is 8. The average molecular weight is 435 g/mol. The summed E-state index contributed by atoms with van der Waals surface area (Å²) in [5.41, 5.74) is 0.500. The lowest BCUT2D eigenvalue weighted by Crippen LogP contribution is -2.38. The van der Waals surface area contributed by atoms with E-state index in [-0.39, 0.29) is 0 Å². The lowest BCUT2D eigenvalue weighted by Gasteiger charge is -2.24. The highest BCUT2D eigenvalue weighted by Gasteiger charge is 2.32. The summed E-state index contributed by atoms with van der Waals surface area (Å²) in [5.74, 6) is -0.877. The Kier molecular flexibility index (Phi) is 8.24. The summed E-state index contributed by atoms with van der Waals surface area (Å²) in [5, 5.41) is 0. The van der Waals surface area contributed by atoms with Gasteiger partial charge in [0.15, 0.2) is 0 Å². The van der Waals surface area contributed by atoms with Crippen LogP contribution >= 0.6 is 34.8 Å². The first-order chi connectivity index (χ1) is 11.5. The average Bonchev–Trinajstić information content (AvgIpc) is 2.56. The molecule has 0 saturated carbocycles. The van der Waals surface area contributed by atoms with Crippen molar-refractivity contribution in [3.63, 3.8) is 0 Å². The zero-order valence-electron chi connectivity index (χ0n) is 13.7. The first-order valence-electron chi connectivity index (χ1n) is 6.94. The number of methoxy groups -OCH3 is 2. The Bertz CT molecular complexity index is 675. The van der Waals surface area contributed by atoms with E-state index in [0.717, 1.165) is 0 Å². The maximum Gasteiger partial charge on any atom is 0.336 e. The summed E-state index contributed by atoms with van der Waals surface area (Å²) in [7, 11) is -1.60. The van der Waals surface area contributed by atoms with Crippen LogP contribution < -0.4 is 9.46 Å². The van der Waals surface area contributed by atoms with E-state index in [1.807, 2.05) is 0 Å². The summed E-state index contributed by atoms with van der Waals surface area (Å²) in [6.45, 7) is 0.827. The molecule has 1 aromatic rings. The number of hydrogen-bond donors (Lipinski definition) is 1. The molecular weight excluding hydrogens is 417 g/mol. The third kappa shape index (κ3) is 7.55. The summed E-state index contributed by atoms with van der Waals surface area (Å²) in [6, 6.07) is 5.52. The fraction of sp³-hybridized carbons (Fsp3) is 0.500. The van der Waals surface area contributed by atoms with E-state index in [1.54, 1.807) is 24.3 Å². The second kappa shape index (κ2) is 9.25. The van der Waals surface area contributed by atoms with Crippen molar-refractivity contribution in [2.24, 2.45) is 5.92 Å². The van der Waals surface area contributed by atoms with Crippen LogP contribution in [0.3, 0.4) is 0 Å². The van der Waals surface area contributed by atoms with Crippen LogP contribution in [0.4, 0.5) is 0 Å². The summed E-state index contributed by atoms with van der Waals surface area (Å²) >= 11 is 16.5. The van der Waals surface area contributed by atoms with Gasteiger partial charge in [0.1, 0.15) is 12.4 Å². The van der Waals surface area contributed by atoms with Crippen LogP contribution in [-0.4, -0.2) is 39.0 Å². The van der Waals surface area contributed by atoms with Gasteiger partial charge in [0.05, 0.1) is 26.2 Å². The van der Waals surface area contributed by atoms with Crippen molar-refractivity contribution in [1.29, 1.82) is 0 Å². The lowest BCUT2D eigenvalue weighted by molar-refractivity contribution is -0.145. The van der Waals surface area contributed by atoms with Crippen molar-refractivity contribution in [2.75, 3.05) is 20.8 Å². The fourth-order valence-electron chi connectivity index (χ4n) is 1.93. The molecule has 0 amide bonds. The minimum atomic E-state index is -4.31. The van der Waals surface area contributed by atoms with Crippen molar-refractivity contribution in [3.8, 4) is 5.75 Å². The van der Waals surface area contributed by atoms with Gasteiger partial charge in [-0.25, -0.2) is 0 Å². The van der Waals surface area contributed by atoms with Crippen LogP contribution in [0.25, 0.3) is 0 Å². The zero-order chi connectivity index (χ0) is 19.3. The molecule has 7 nitrogen and oxygen atoms in total. The van der Waals surface area contributed by atoms with E-state index >= 15 is 0 Å². The van der Waals surface area contributed by atoms with Crippen molar-refractivity contribution in [1.82, 2.24) is 4.72 Å². The molecule has 2 atom stereocenters. The number of carbonyl (C=O) groups excluding carboxylic acids is 1. The van der Waals surface area contributed by atoms with Gasteiger partial charge in [-0.1, -0.05) is 53.9 Å². The molecule has 0 heterocycles. The van der Waals surface area contributed by atoms with Gasteiger partial charge in [-0.15, -0.1) is 0 Å².